The molecule has 0 amide bonds. The van der Waals surface area contributed by atoms with Crippen LogP contribution in [0.1, 0.15) is 45.7 Å². The van der Waals surface area contributed by atoms with Gasteiger partial charge in [0, 0.05) is 22.0 Å². The predicted octanol–water partition coefficient (Wildman–Crippen LogP) is 2.65. The first kappa shape index (κ1) is 11.5. The number of aromatic nitrogens is 1. The normalized spacial score (nSPS) is 37.5. The summed E-state index contributed by atoms with van der Waals surface area (Å²) < 4.78 is 0.499. The third-order valence-corrected chi connectivity index (χ3v) is 5.99. The number of aromatic hydroxyl groups is 2. The van der Waals surface area contributed by atoms with Gasteiger partial charge in [0.2, 0.25) is 11.8 Å². The van der Waals surface area contributed by atoms with Crippen LogP contribution in [0.15, 0.2) is 11.1 Å². The van der Waals surface area contributed by atoms with E-state index in [0.29, 0.717) is 15.9 Å². The monoisotopic (exact) mass is 249 g/mol. The third kappa shape index (κ3) is 0.761. The smallest absolute Gasteiger partial charge is 0.233 e. The van der Waals surface area contributed by atoms with Crippen LogP contribution in [0.4, 0.5) is 0 Å². The van der Waals surface area contributed by atoms with Gasteiger partial charge in [0.15, 0.2) is 0 Å². The average Bonchev–Trinajstić information content (AvgIpc) is 2.72. The van der Waals surface area contributed by atoms with Crippen LogP contribution in [0.5, 0.6) is 11.8 Å². The van der Waals surface area contributed by atoms with Crippen molar-refractivity contribution >= 4 is 0 Å². The minimum Gasteiger partial charge on any atom is -0.492 e. The maximum atomic E-state index is 10.1. The molecule has 2 aliphatic carbocycles. The predicted molar refractivity (Wildman–Crippen MR) is 67.2 cm³/mol. The molecule has 0 radical (unpaired) electrons. The number of fused-ring (bicyclic) bond motifs is 5. The highest BCUT2D eigenvalue weighted by Gasteiger charge is 2.64. The van der Waals surface area contributed by atoms with E-state index in [1.54, 1.807) is 0 Å². The number of hydrogen-bond acceptors (Lipinski definition) is 3. The summed E-state index contributed by atoms with van der Waals surface area (Å²) in [5.74, 6) is -0.201. The van der Waals surface area contributed by atoms with E-state index < -0.39 is 0 Å². The molecule has 2 unspecified atom stereocenters. The molecule has 1 aromatic rings. The number of nitrogens with zero attached hydrogens (tertiary/aromatic N) is 1. The molecule has 0 saturated heterocycles. The van der Waals surface area contributed by atoms with Gasteiger partial charge in [-0.05, 0) is 19.8 Å². The highest BCUT2D eigenvalue weighted by Crippen LogP contribution is 2.70. The molecular formula is C14H19NO3. The second-order valence-corrected chi connectivity index (χ2v) is 6.09. The molecule has 0 aromatic carbocycles. The van der Waals surface area contributed by atoms with Gasteiger partial charge in [0.05, 0.1) is 0 Å². The molecule has 0 aliphatic heterocycles. The van der Waals surface area contributed by atoms with Crippen LogP contribution in [0.25, 0.3) is 0 Å². The summed E-state index contributed by atoms with van der Waals surface area (Å²) in [5, 5.41) is 29.9. The molecule has 4 heteroatoms. The molecule has 2 aliphatic rings. The lowest BCUT2D eigenvalue weighted by Crippen LogP contribution is -2.29. The van der Waals surface area contributed by atoms with Gasteiger partial charge in [-0.25, -0.2) is 0 Å². The number of allylic oxidation sites excluding steroid dienone is 2. The van der Waals surface area contributed by atoms with Crippen molar-refractivity contribution in [2.45, 2.75) is 45.4 Å². The minimum atomic E-state index is -0.316. The van der Waals surface area contributed by atoms with Crippen molar-refractivity contribution in [1.29, 1.82) is 0 Å². The van der Waals surface area contributed by atoms with Crippen molar-refractivity contribution in [2.24, 2.45) is 5.92 Å². The molecule has 98 valence electrons. The summed E-state index contributed by atoms with van der Waals surface area (Å²) in [6, 6.07) is 0. The van der Waals surface area contributed by atoms with Gasteiger partial charge in [-0.2, -0.15) is 0 Å². The molecule has 4 nitrogen and oxygen atoms in total. The summed E-state index contributed by atoms with van der Waals surface area (Å²) in [4.78, 5) is 0. The molecule has 0 saturated carbocycles. The molecule has 1 heterocycles. The van der Waals surface area contributed by atoms with Gasteiger partial charge in [-0.15, -0.1) is 4.73 Å². The van der Waals surface area contributed by atoms with Crippen LogP contribution in [-0.4, -0.2) is 20.2 Å². The molecule has 2 bridgehead atoms. The zero-order chi connectivity index (χ0) is 13.6. The van der Waals surface area contributed by atoms with E-state index >= 15 is 0 Å². The number of rotatable bonds is 0. The SMILES string of the molecule is CC1=C(C)C2(C)c3c(c(O)n(O)c3O)C1(C)C2C. The topological polar surface area (TPSA) is 65.6 Å². The van der Waals surface area contributed by atoms with Crippen molar-refractivity contribution in [3.63, 3.8) is 0 Å². The second kappa shape index (κ2) is 2.71. The van der Waals surface area contributed by atoms with Crippen LogP contribution in [-0.2, 0) is 10.8 Å². The summed E-state index contributed by atoms with van der Waals surface area (Å²) in [6.07, 6.45) is 0. The van der Waals surface area contributed by atoms with E-state index in [2.05, 4.69) is 34.6 Å². The standard InChI is InChI=1S/C14H19NO3/c1-6-7(2)14(5)8(3)13(6,4)9-10(14)12(17)15(18)11(9)16/h8,16-18H,1-5H3. The molecule has 18 heavy (non-hydrogen) atoms. The highest BCUT2D eigenvalue weighted by atomic mass is 16.5. The molecule has 3 N–H and O–H groups in total. The van der Waals surface area contributed by atoms with Gasteiger partial charge in [0.25, 0.3) is 0 Å². The van der Waals surface area contributed by atoms with E-state index in [1.165, 1.54) is 11.1 Å². The first-order chi connectivity index (χ1) is 8.20. The van der Waals surface area contributed by atoms with Gasteiger partial charge in [-0.1, -0.05) is 31.9 Å². The molecule has 3 rings (SSSR count). The lowest BCUT2D eigenvalue weighted by molar-refractivity contribution is 0.125. The van der Waals surface area contributed by atoms with E-state index in [1.807, 2.05) is 0 Å². The Balaban J connectivity index is 2.49. The van der Waals surface area contributed by atoms with E-state index in [4.69, 9.17) is 0 Å². The summed E-state index contributed by atoms with van der Waals surface area (Å²) in [7, 11) is 0. The molecular weight excluding hydrogens is 230 g/mol. The third-order valence-electron chi connectivity index (χ3n) is 5.99. The lowest BCUT2D eigenvalue weighted by atomic mass is 9.73. The Morgan fingerprint density at radius 1 is 0.944 bits per heavy atom. The minimum absolute atomic E-state index is 0.229. The molecule has 1 aromatic heterocycles. The first-order valence-corrected chi connectivity index (χ1v) is 6.25. The largest absolute Gasteiger partial charge is 0.492 e. The Morgan fingerprint density at radius 2 is 1.28 bits per heavy atom. The Hall–Kier alpha value is -1.58. The Labute approximate surface area is 106 Å². The van der Waals surface area contributed by atoms with E-state index in [9.17, 15) is 15.4 Å². The van der Waals surface area contributed by atoms with Crippen molar-refractivity contribution < 1.29 is 15.4 Å². The van der Waals surface area contributed by atoms with Gasteiger partial charge < -0.3 is 15.4 Å². The summed E-state index contributed by atoms with van der Waals surface area (Å²) >= 11 is 0. The fraction of sp³-hybridized carbons (Fsp3) is 0.571. The van der Waals surface area contributed by atoms with Gasteiger partial charge in [-0.3, -0.25) is 0 Å². The number of hydrogen-bond donors (Lipinski definition) is 3. The van der Waals surface area contributed by atoms with Crippen LogP contribution < -0.4 is 0 Å². The van der Waals surface area contributed by atoms with Crippen LogP contribution in [0, 0.1) is 5.92 Å². The van der Waals surface area contributed by atoms with Crippen LogP contribution in [0.3, 0.4) is 0 Å². The van der Waals surface area contributed by atoms with E-state index in [-0.39, 0.29) is 28.5 Å². The molecule has 0 spiro atoms. The Morgan fingerprint density at radius 3 is 1.61 bits per heavy atom. The highest BCUT2D eigenvalue weighted by molar-refractivity contribution is 5.69. The maximum absolute atomic E-state index is 10.1. The second-order valence-electron chi connectivity index (χ2n) is 6.09. The van der Waals surface area contributed by atoms with Crippen LogP contribution >= 0.6 is 0 Å². The van der Waals surface area contributed by atoms with Gasteiger partial charge in [0.1, 0.15) is 0 Å². The van der Waals surface area contributed by atoms with Crippen LogP contribution in [0.2, 0.25) is 0 Å². The zero-order valence-electron chi connectivity index (χ0n) is 11.4. The van der Waals surface area contributed by atoms with Gasteiger partial charge >= 0.3 is 0 Å². The zero-order valence-corrected chi connectivity index (χ0v) is 11.4. The average molecular weight is 249 g/mol. The summed E-state index contributed by atoms with van der Waals surface area (Å²) in [6.45, 7) is 10.4. The van der Waals surface area contributed by atoms with Crippen molar-refractivity contribution in [2.75, 3.05) is 0 Å². The molecule has 2 atom stereocenters. The quantitative estimate of drug-likeness (QED) is 0.489. The van der Waals surface area contributed by atoms with Crippen molar-refractivity contribution in [3.8, 4) is 11.8 Å². The van der Waals surface area contributed by atoms with Crippen molar-refractivity contribution in [3.05, 3.63) is 22.3 Å². The fourth-order valence-corrected chi connectivity index (χ4v) is 4.33. The maximum Gasteiger partial charge on any atom is 0.233 e. The van der Waals surface area contributed by atoms with E-state index in [0.717, 1.165) is 0 Å². The lowest BCUT2D eigenvalue weighted by Gasteiger charge is -2.30. The molecule has 0 fully saturated rings. The fourth-order valence-electron chi connectivity index (χ4n) is 4.33. The Bertz CT molecular complexity index is 564. The Kier molecular flexibility index (Phi) is 1.73. The first-order valence-electron chi connectivity index (χ1n) is 6.25. The van der Waals surface area contributed by atoms with Crippen molar-refractivity contribution in [1.82, 2.24) is 4.73 Å². The summed E-state index contributed by atoms with van der Waals surface area (Å²) in [5.41, 5.74) is 3.19.